The fourth-order valence-corrected chi connectivity index (χ4v) is 2.37. The molecule has 4 heteroatoms. The number of furan rings is 1. The molecule has 0 aliphatic rings. The van der Waals surface area contributed by atoms with Crippen LogP contribution in [0.2, 0.25) is 0 Å². The van der Waals surface area contributed by atoms with Gasteiger partial charge in [0, 0.05) is 10.9 Å². The molecule has 1 heterocycles. The zero-order chi connectivity index (χ0) is 14.8. The van der Waals surface area contributed by atoms with Crippen molar-refractivity contribution in [2.45, 2.75) is 13.0 Å². The monoisotopic (exact) mass is 280 g/mol. The van der Waals surface area contributed by atoms with Crippen molar-refractivity contribution in [3.05, 3.63) is 60.2 Å². The number of nitrogens with one attached hydrogen (secondary N) is 1. The molecule has 3 rings (SSSR count). The lowest BCUT2D eigenvalue weighted by molar-refractivity contribution is 0.246. The highest BCUT2D eigenvalue weighted by atomic mass is 16.3. The summed E-state index contributed by atoms with van der Waals surface area (Å²) in [5, 5.41) is 3.67. The van der Waals surface area contributed by atoms with E-state index in [1.807, 2.05) is 61.5 Å². The fraction of sp³-hybridized carbons (Fsp3) is 0.118. The first-order valence-corrected chi connectivity index (χ1v) is 6.78. The summed E-state index contributed by atoms with van der Waals surface area (Å²) in [6.45, 7) is 1.89. The normalized spacial score (nSPS) is 12.2. The van der Waals surface area contributed by atoms with E-state index in [1.165, 1.54) is 0 Å². The molecule has 1 unspecified atom stereocenters. The van der Waals surface area contributed by atoms with Crippen molar-refractivity contribution in [3.8, 4) is 11.3 Å². The third-order valence-corrected chi connectivity index (χ3v) is 3.46. The first-order valence-electron chi connectivity index (χ1n) is 6.78. The summed E-state index contributed by atoms with van der Waals surface area (Å²) in [5.74, 6) is 0.832. The van der Waals surface area contributed by atoms with Crippen LogP contribution in [0.3, 0.4) is 0 Å². The number of fused-ring (bicyclic) bond motifs is 1. The number of rotatable bonds is 3. The Balaban J connectivity index is 1.97. The van der Waals surface area contributed by atoms with E-state index in [2.05, 4.69) is 5.32 Å². The Hall–Kier alpha value is -2.75. The number of carbonyl (C=O) groups excluding carboxylic acids is 1. The van der Waals surface area contributed by atoms with Gasteiger partial charge >= 0.3 is 6.03 Å². The molecule has 2 aromatic carbocycles. The number of hydrogen-bond donors (Lipinski definition) is 2. The minimum atomic E-state index is -0.528. The highest BCUT2D eigenvalue weighted by molar-refractivity contribution is 5.83. The number of urea groups is 1. The average molecular weight is 280 g/mol. The average Bonchev–Trinajstić information content (AvgIpc) is 2.90. The van der Waals surface area contributed by atoms with Crippen LogP contribution in [-0.4, -0.2) is 6.03 Å². The molecular weight excluding hydrogens is 264 g/mol. The fourth-order valence-electron chi connectivity index (χ4n) is 2.37. The predicted molar refractivity (Wildman–Crippen MR) is 82.8 cm³/mol. The largest absolute Gasteiger partial charge is 0.456 e. The van der Waals surface area contributed by atoms with Gasteiger partial charge in [-0.2, -0.15) is 0 Å². The number of carbonyl (C=O) groups is 1. The van der Waals surface area contributed by atoms with E-state index >= 15 is 0 Å². The van der Waals surface area contributed by atoms with Crippen molar-refractivity contribution in [2.75, 3.05) is 0 Å². The summed E-state index contributed by atoms with van der Waals surface area (Å²) in [6, 6.07) is 17.1. The van der Waals surface area contributed by atoms with Crippen LogP contribution in [-0.2, 0) is 0 Å². The maximum absolute atomic E-state index is 10.9. The van der Waals surface area contributed by atoms with E-state index in [1.54, 1.807) is 0 Å². The second-order valence-electron chi connectivity index (χ2n) is 5.00. The van der Waals surface area contributed by atoms with Gasteiger partial charge in [0.2, 0.25) is 0 Å². The van der Waals surface area contributed by atoms with Crippen molar-refractivity contribution in [2.24, 2.45) is 5.73 Å². The molecule has 106 valence electrons. The molecule has 3 N–H and O–H groups in total. The highest BCUT2D eigenvalue weighted by Gasteiger charge is 2.10. The van der Waals surface area contributed by atoms with Crippen LogP contribution in [0, 0.1) is 0 Å². The third-order valence-electron chi connectivity index (χ3n) is 3.46. The molecule has 21 heavy (non-hydrogen) atoms. The van der Waals surface area contributed by atoms with E-state index in [0.29, 0.717) is 0 Å². The van der Waals surface area contributed by atoms with Crippen molar-refractivity contribution >= 4 is 17.0 Å². The van der Waals surface area contributed by atoms with Gasteiger partial charge in [0.05, 0.1) is 6.04 Å². The SMILES string of the molecule is CC(NC(N)=O)c1ccc2oc(-c3ccccc3)cc2c1. The van der Waals surface area contributed by atoms with E-state index < -0.39 is 6.03 Å². The molecule has 0 saturated carbocycles. The zero-order valence-electron chi connectivity index (χ0n) is 11.7. The lowest BCUT2D eigenvalue weighted by Gasteiger charge is -2.11. The van der Waals surface area contributed by atoms with Crippen LogP contribution < -0.4 is 11.1 Å². The van der Waals surface area contributed by atoms with Crippen molar-refractivity contribution in [1.29, 1.82) is 0 Å². The molecule has 0 saturated heterocycles. The number of primary amides is 1. The topological polar surface area (TPSA) is 68.3 Å². The maximum atomic E-state index is 10.9. The van der Waals surface area contributed by atoms with Gasteiger partial charge in [-0.05, 0) is 30.7 Å². The molecule has 0 fully saturated rings. The lowest BCUT2D eigenvalue weighted by Crippen LogP contribution is -2.31. The Labute approximate surface area is 122 Å². The lowest BCUT2D eigenvalue weighted by atomic mass is 10.1. The Morgan fingerprint density at radius 3 is 2.62 bits per heavy atom. The molecule has 2 amide bonds. The van der Waals surface area contributed by atoms with E-state index in [4.69, 9.17) is 10.2 Å². The molecular formula is C17H16N2O2. The van der Waals surface area contributed by atoms with Crippen molar-refractivity contribution < 1.29 is 9.21 Å². The van der Waals surface area contributed by atoms with Gasteiger partial charge in [0.15, 0.2) is 0 Å². The number of amides is 2. The smallest absolute Gasteiger partial charge is 0.312 e. The molecule has 0 bridgehead atoms. The standard InChI is InChI=1S/C17H16N2O2/c1-11(19-17(18)20)13-7-8-15-14(9-13)10-16(21-15)12-5-3-2-4-6-12/h2-11H,1H3,(H3,18,19,20). The third kappa shape index (κ3) is 2.74. The Bertz CT molecular complexity index is 778. The van der Waals surface area contributed by atoms with Gasteiger partial charge < -0.3 is 15.5 Å². The number of benzene rings is 2. The van der Waals surface area contributed by atoms with Gasteiger partial charge in [-0.3, -0.25) is 0 Å². The van der Waals surface area contributed by atoms with E-state index in [0.717, 1.165) is 27.9 Å². The van der Waals surface area contributed by atoms with Crippen molar-refractivity contribution in [1.82, 2.24) is 5.32 Å². The van der Waals surface area contributed by atoms with Crippen LogP contribution in [0.1, 0.15) is 18.5 Å². The Morgan fingerprint density at radius 1 is 1.14 bits per heavy atom. The molecule has 0 aliphatic heterocycles. The van der Waals surface area contributed by atoms with Crippen LogP contribution in [0.25, 0.3) is 22.3 Å². The van der Waals surface area contributed by atoms with Gasteiger partial charge in [-0.25, -0.2) is 4.79 Å². The quantitative estimate of drug-likeness (QED) is 0.765. The molecule has 3 aromatic rings. The number of nitrogens with two attached hydrogens (primary N) is 1. The van der Waals surface area contributed by atoms with Crippen LogP contribution >= 0.6 is 0 Å². The summed E-state index contributed by atoms with van der Waals surface area (Å²) >= 11 is 0. The zero-order valence-corrected chi connectivity index (χ0v) is 11.7. The Kier molecular flexibility index (Phi) is 3.36. The molecule has 0 spiro atoms. The first-order chi connectivity index (χ1) is 10.1. The summed E-state index contributed by atoms with van der Waals surface area (Å²) in [5.41, 5.74) is 8.01. The van der Waals surface area contributed by atoms with Gasteiger partial charge in [-0.15, -0.1) is 0 Å². The first kappa shape index (κ1) is 13.2. The van der Waals surface area contributed by atoms with Gasteiger partial charge in [0.25, 0.3) is 0 Å². The minimum absolute atomic E-state index is 0.137. The molecule has 1 atom stereocenters. The summed E-state index contributed by atoms with van der Waals surface area (Å²) < 4.78 is 5.86. The van der Waals surface area contributed by atoms with Crippen LogP contribution in [0.4, 0.5) is 4.79 Å². The Morgan fingerprint density at radius 2 is 1.90 bits per heavy atom. The van der Waals surface area contributed by atoms with Crippen LogP contribution in [0.5, 0.6) is 0 Å². The molecule has 0 aliphatic carbocycles. The minimum Gasteiger partial charge on any atom is -0.456 e. The van der Waals surface area contributed by atoms with Crippen LogP contribution in [0.15, 0.2) is 59.0 Å². The molecule has 0 radical (unpaired) electrons. The summed E-state index contributed by atoms with van der Waals surface area (Å²) in [6.07, 6.45) is 0. The molecule has 4 nitrogen and oxygen atoms in total. The van der Waals surface area contributed by atoms with Gasteiger partial charge in [0.1, 0.15) is 11.3 Å². The number of hydrogen-bond acceptors (Lipinski definition) is 2. The second kappa shape index (κ2) is 5.32. The van der Waals surface area contributed by atoms with Crippen molar-refractivity contribution in [3.63, 3.8) is 0 Å². The van der Waals surface area contributed by atoms with E-state index in [9.17, 15) is 4.79 Å². The van der Waals surface area contributed by atoms with E-state index in [-0.39, 0.29) is 6.04 Å². The maximum Gasteiger partial charge on any atom is 0.312 e. The van der Waals surface area contributed by atoms with Gasteiger partial charge in [-0.1, -0.05) is 36.4 Å². The summed E-state index contributed by atoms with van der Waals surface area (Å²) in [7, 11) is 0. The summed E-state index contributed by atoms with van der Waals surface area (Å²) in [4.78, 5) is 10.9. The predicted octanol–water partition coefficient (Wildman–Crippen LogP) is 3.83. The second-order valence-corrected chi connectivity index (χ2v) is 5.00. The molecule has 1 aromatic heterocycles. The highest BCUT2D eigenvalue weighted by Crippen LogP contribution is 2.29.